The summed E-state index contributed by atoms with van der Waals surface area (Å²) in [5, 5.41) is 9.28. The van der Waals surface area contributed by atoms with Gasteiger partial charge in [0.25, 0.3) is 0 Å². The third kappa shape index (κ3) is 3.75. The highest BCUT2D eigenvalue weighted by molar-refractivity contribution is 7.87. The van der Waals surface area contributed by atoms with Gasteiger partial charge >= 0.3 is 10.1 Å². The molecule has 0 saturated heterocycles. The molecule has 2 rings (SSSR count). The fourth-order valence-electron chi connectivity index (χ4n) is 1.76. The molecule has 1 N–H and O–H groups in total. The Morgan fingerprint density at radius 2 is 1.81 bits per heavy atom. The van der Waals surface area contributed by atoms with E-state index >= 15 is 0 Å². The van der Waals surface area contributed by atoms with Crippen molar-refractivity contribution in [3.05, 3.63) is 59.2 Å². The second-order valence-electron chi connectivity index (χ2n) is 4.58. The molecule has 0 saturated carbocycles. The number of aryl methyl sites for hydroxylation is 1. The monoisotopic (exact) mass is 326 g/mol. The van der Waals surface area contributed by atoms with Crippen molar-refractivity contribution in [2.75, 3.05) is 0 Å². The minimum Gasteiger partial charge on any atom is -0.392 e. The minimum absolute atomic E-state index is 0.0632. The summed E-state index contributed by atoms with van der Waals surface area (Å²) in [6.45, 7) is 1.55. The lowest BCUT2D eigenvalue weighted by Gasteiger charge is -2.11. The molecule has 0 unspecified atom stereocenters. The zero-order chi connectivity index (χ0) is 15.5. The zero-order valence-corrected chi connectivity index (χ0v) is 13.0. The Kier molecular flexibility index (Phi) is 4.88. The van der Waals surface area contributed by atoms with Gasteiger partial charge < -0.3 is 9.29 Å². The van der Waals surface area contributed by atoms with Crippen molar-refractivity contribution in [3.8, 4) is 5.75 Å². The molecule has 0 heterocycles. The SMILES string of the molecule is Cc1ccc(S(=O)(=O)Oc2cc(CCl)ccc2CO)cc1. The first-order valence-corrected chi connectivity index (χ1v) is 8.20. The van der Waals surface area contributed by atoms with Crippen molar-refractivity contribution in [1.82, 2.24) is 0 Å². The maximum atomic E-state index is 12.2. The summed E-state index contributed by atoms with van der Waals surface area (Å²) in [5.41, 5.74) is 2.05. The summed E-state index contributed by atoms with van der Waals surface area (Å²) in [4.78, 5) is 0.0632. The zero-order valence-electron chi connectivity index (χ0n) is 11.4. The number of hydrogen-bond donors (Lipinski definition) is 1. The van der Waals surface area contributed by atoms with Gasteiger partial charge in [-0.05, 0) is 30.7 Å². The van der Waals surface area contributed by atoms with Crippen LogP contribution in [-0.2, 0) is 22.6 Å². The van der Waals surface area contributed by atoms with Gasteiger partial charge in [-0.25, -0.2) is 0 Å². The third-order valence-corrected chi connectivity index (χ3v) is 4.52. The van der Waals surface area contributed by atoms with E-state index in [1.165, 1.54) is 18.2 Å². The topological polar surface area (TPSA) is 63.6 Å². The van der Waals surface area contributed by atoms with Crippen LogP contribution in [0.1, 0.15) is 16.7 Å². The molecule has 0 atom stereocenters. The molecule has 4 nitrogen and oxygen atoms in total. The largest absolute Gasteiger partial charge is 0.392 e. The van der Waals surface area contributed by atoms with Crippen LogP contribution in [0.5, 0.6) is 5.75 Å². The Balaban J connectivity index is 2.38. The van der Waals surface area contributed by atoms with Crippen LogP contribution in [0.15, 0.2) is 47.4 Å². The first-order valence-electron chi connectivity index (χ1n) is 6.26. The summed E-state index contributed by atoms with van der Waals surface area (Å²) < 4.78 is 29.6. The van der Waals surface area contributed by atoms with E-state index in [9.17, 15) is 13.5 Å². The number of aliphatic hydroxyl groups excluding tert-OH is 1. The van der Waals surface area contributed by atoms with E-state index in [-0.39, 0.29) is 23.1 Å². The Labute approximate surface area is 129 Å². The molecule has 6 heteroatoms. The summed E-state index contributed by atoms with van der Waals surface area (Å²) in [5.74, 6) is 0.323. The second kappa shape index (κ2) is 6.47. The average molecular weight is 327 g/mol. The van der Waals surface area contributed by atoms with Gasteiger partial charge in [-0.2, -0.15) is 8.42 Å². The fraction of sp³-hybridized carbons (Fsp3) is 0.200. The van der Waals surface area contributed by atoms with E-state index in [2.05, 4.69) is 0 Å². The summed E-state index contributed by atoms with van der Waals surface area (Å²) in [6.07, 6.45) is 0. The van der Waals surface area contributed by atoms with Crippen LogP contribution in [0.25, 0.3) is 0 Å². The van der Waals surface area contributed by atoms with Gasteiger partial charge in [0.2, 0.25) is 0 Å². The Bertz CT molecular complexity index is 724. The second-order valence-corrected chi connectivity index (χ2v) is 6.40. The van der Waals surface area contributed by atoms with Gasteiger partial charge in [0.05, 0.1) is 6.61 Å². The lowest BCUT2D eigenvalue weighted by atomic mass is 10.1. The van der Waals surface area contributed by atoms with Crippen molar-refractivity contribution in [2.24, 2.45) is 0 Å². The van der Waals surface area contributed by atoms with Crippen LogP contribution in [-0.4, -0.2) is 13.5 Å². The smallest absolute Gasteiger partial charge is 0.339 e. The molecule has 0 aromatic heterocycles. The van der Waals surface area contributed by atoms with E-state index < -0.39 is 10.1 Å². The molecule has 0 aliphatic heterocycles. The van der Waals surface area contributed by atoms with Crippen LogP contribution in [0.3, 0.4) is 0 Å². The van der Waals surface area contributed by atoms with Crippen molar-refractivity contribution < 1.29 is 17.7 Å². The molecular formula is C15H15ClO4S. The van der Waals surface area contributed by atoms with Gasteiger partial charge in [0.1, 0.15) is 10.6 Å². The molecule has 0 radical (unpaired) electrons. The molecule has 0 amide bonds. The first-order chi connectivity index (χ1) is 9.96. The molecule has 0 aliphatic carbocycles. The molecule has 0 spiro atoms. The number of hydrogen-bond acceptors (Lipinski definition) is 4. The summed E-state index contributed by atoms with van der Waals surface area (Å²) in [7, 11) is -3.94. The number of alkyl halides is 1. The van der Waals surface area contributed by atoms with Gasteiger partial charge in [-0.1, -0.05) is 29.8 Å². The summed E-state index contributed by atoms with van der Waals surface area (Å²) >= 11 is 5.73. The number of halogens is 1. The molecular weight excluding hydrogens is 312 g/mol. The fourth-order valence-corrected chi connectivity index (χ4v) is 2.88. The van der Waals surface area contributed by atoms with Crippen LogP contribution in [0.4, 0.5) is 0 Å². The maximum absolute atomic E-state index is 12.2. The van der Waals surface area contributed by atoms with Gasteiger partial charge in [0, 0.05) is 11.4 Å². The molecule has 0 fully saturated rings. The Hall–Kier alpha value is -1.56. The van der Waals surface area contributed by atoms with E-state index in [0.29, 0.717) is 11.1 Å². The molecule has 112 valence electrons. The lowest BCUT2D eigenvalue weighted by molar-refractivity contribution is 0.278. The molecule has 0 bridgehead atoms. The normalized spacial score (nSPS) is 11.4. The van der Waals surface area contributed by atoms with Crippen molar-refractivity contribution in [3.63, 3.8) is 0 Å². The molecule has 0 aliphatic rings. The van der Waals surface area contributed by atoms with Gasteiger partial charge in [0.15, 0.2) is 0 Å². The van der Waals surface area contributed by atoms with E-state index in [0.717, 1.165) is 5.56 Å². The van der Waals surface area contributed by atoms with E-state index in [4.69, 9.17) is 15.8 Å². The number of benzene rings is 2. The predicted octanol–water partition coefficient (Wildman–Crippen LogP) is 2.99. The van der Waals surface area contributed by atoms with Crippen molar-refractivity contribution in [1.29, 1.82) is 0 Å². The van der Waals surface area contributed by atoms with Crippen LogP contribution < -0.4 is 4.18 Å². The van der Waals surface area contributed by atoms with Crippen LogP contribution >= 0.6 is 11.6 Å². The third-order valence-electron chi connectivity index (χ3n) is 2.97. The highest BCUT2D eigenvalue weighted by Gasteiger charge is 2.18. The highest BCUT2D eigenvalue weighted by atomic mass is 35.5. The lowest BCUT2D eigenvalue weighted by Crippen LogP contribution is -2.11. The predicted molar refractivity (Wildman–Crippen MR) is 80.9 cm³/mol. The van der Waals surface area contributed by atoms with Gasteiger partial charge in [-0.3, -0.25) is 0 Å². The number of aliphatic hydroxyl groups is 1. The van der Waals surface area contributed by atoms with Gasteiger partial charge in [-0.15, -0.1) is 11.6 Å². The van der Waals surface area contributed by atoms with Crippen molar-refractivity contribution in [2.45, 2.75) is 24.3 Å². The Morgan fingerprint density at radius 1 is 1.14 bits per heavy atom. The quantitative estimate of drug-likeness (QED) is 0.677. The average Bonchev–Trinajstić information content (AvgIpc) is 2.47. The summed E-state index contributed by atoms with van der Waals surface area (Å²) in [6, 6.07) is 11.2. The Morgan fingerprint density at radius 3 is 2.38 bits per heavy atom. The number of rotatable bonds is 5. The highest BCUT2D eigenvalue weighted by Crippen LogP contribution is 2.25. The standard InChI is InChI=1S/C15H15ClO4S/c1-11-2-6-14(7-3-11)21(18,19)20-15-8-12(9-16)4-5-13(15)10-17/h2-8,17H,9-10H2,1H3. The van der Waals surface area contributed by atoms with Crippen LogP contribution in [0, 0.1) is 6.92 Å². The molecule has 2 aromatic rings. The minimum atomic E-state index is -3.94. The van der Waals surface area contributed by atoms with Crippen molar-refractivity contribution >= 4 is 21.7 Å². The molecule has 21 heavy (non-hydrogen) atoms. The van der Waals surface area contributed by atoms with Crippen LogP contribution in [0.2, 0.25) is 0 Å². The maximum Gasteiger partial charge on any atom is 0.339 e. The van der Waals surface area contributed by atoms with E-state index in [1.807, 2.05) is 6.92 Å². The van der Waals surface area contributed by atoms with E-state index in [1.54, 1.807) is 24.3 Å². The molecule has 2 aromatic carbocycles. The first kappa shape index (κ1) is 15.8.